The van der Waals surface area contributed by atoms with E-state index in [1.54, 1.807) is 0 Å². The zero-order valence-electron chi connectivity index (χ0n) is 14.6. The van der Waals surface area contributed by atoms with Gasteiger partial charge in [0.05, 0.1) is 6.61 Å². The van der Waals surface area contributed by atoms with Crippen LogP contribution < -0.4 is 9.64 Å². The minimum atomic E-state index is 0.127. The van der Waals surface area contributed by atoms with Crippen LogP contribution in [0.5, 0.6) is 5.75 Å². The number of carbonyl (C=O) groups excluding carboxylic acids is 1. The number of carbonyl (C=O) groups is 1. The van der Waals surface area contributed by atoms with Gasteiger partial charge in [-0.2, -0.15) is 0 Å². The molecule has 130 valence electrons. The minimum Gasteiger partial charge on any atom is -0.494 e. The lowest BCUT2D eigenvalue weighted by molar-refractivity contribution is 0.0782. The van der Waals surface area contributed by atoms with Crippen molar-refractivity contribution in [3.8, 4) is 5.75 Å². The molecule has 2 unspecified atom stereocenters. The molecule has 2 aliphatic heterocycles. The van der Waals surface area contributed by atoms with Crippen LogP contribution in [0.15, 0.2) is 54.6 Å². The number of amides is 1. The molecule has 0 radical (unpaired) electrons. The van der Waals surface area contributed by atoms with E-state index in [1.807, 2.05) is 36.1 Å². The molecule has 0 spiro atoms. The highest BCUT2D eigenvalue weighted by molar-refractivity contribution is 5.94. The molecule has 0 N–H and O–H groups in total. The van der Waals surface area contributed by atoms with Crippen LogP contribution in [0.3, 0.4) is 0 Å². The summed E-state index contributed by atoms with van der Waals surface area (Å²) < 4.78 is 5.52. The van der Waals surface area contributed by atoms with Crippen LogP contribution in [0.25, 0.3) is 0 Å². The first-order chi connectivity index (χ1) is 12.2. The van der Waals surface area contributed by atoms with Gasteiger partial charge in [0.1, 0.15) is 5.75 Å². The smallest absolute Gasteiger partial charge is 0.254 e. The number of likely N-dealkylation sites (tertiary alicyclic amines) is 1. The molecule has 0 aliphatic carbocycles. The number of para-hydroxylation sites is 1. The summed E-state index contributed by atoms with van der Waals surface area (Å²) >= 11 is 0. The van der Waals surface area contributed by atoms with Gasteiger partial charge in [-0.1, -0.05) is 24.3 Å². The Morgan fingerprint density at radius 2 is 1.72 bits per heavy atom. The van der Waals surface area contributed by atoms with Crippen molar-refractivity contribution in [2.24, 2.45) is 11.8 Å². The Morgan fingerprint density at radius 3 is 2.40 bits per heavy atom. The van der Waals surface area contributed by atoms with Crippen LogP contribution in [0, 0.1) is 11.8 Å². The maximum absolute atomic E-state index is 12.8. The van der Waals surface area contributed by atoms with Crippen molar-refractivity contribution in [3.05, 3.63) is 60.2 Å². The van der Waals surface area contributed by atoms with Gasteiger partial charge in [0, 0.05) is 49.3 Å². The number of nitrogens with zero attached hydrogens (tertiary/aromatic N) is 2. The number of anilines is 1. The maximum Gasteiger partial charge on any atom is 0.254 e. The molecule has 1 amide bonds. The molecule has 25 heavy (non-hydrogen) atoms. The van der Waals surface area contributed by atoms with E-state index in [9.17, 15) is 4.79 Å². The molecule has 2 heterocycles. The molecule has 0 bridgehead atoms. The number of rotatable bonds is 4. The van der Waals surface area contributed by atoms with Gasteiger partial charge in [-0.3, -0.25) is 4.79 Å². The molecule has 2 saturated heterocycles. The number of fused-ring (bicyclic) bond motifs is 1. The number of ether oxygens (including phenoxy) is 1. The summed E-state index contributed by atoms with van der Waals surface area (Å²) in [6, 6.07) is 18.1. The first-order valence-electron chi connectivity index (χ1n) is 9.06. The van der Waals surface area contributed by atoms with Gasteiger partial charge in [-0.25, -0.2) is 0 Å². The molecule has 2 atom stereocenters. The van der Waals surface area contributed by atoms with Crippen molar-refractivity contribution in [3.63, 3.8) is 0 Å². The van der Waals surface area contributed by atoms with Gasteiger partial charge >= 0.3 is 0 Å². The predicted octanol–water partition coefficient (Wildman–Crippen LogP) is 3.29. The van der Waals surface area contributed by atoms with E-state index < -0.39 is 0 Å². The van der Waals surface area contributed by atoms with E-state index >= 15 is 0 Å². The second-order valence-electron chi connectivity index (χ2n) is 6.93. The fraction of sp³-hybridized carbons (Fsp3) is 0.381. The van der Waals surface area contributed by atoms with Gasteiger partial charge in [0.15, 0.2) is 0 Å². The van der Waals surface area contributed by atoms with E-state index in [-0.39, 0.29) is 5.91 Å². The quantitative estimate of drug-likeness (QED) is 0.859. The third-order valence-corrected chi connectivity index (χ3v) is 5.29. The van der Waals surface area contributed by atoms with Gasteiger partial charge in [-0.05, 0) is 37.3 Å². The van der Waals surface area contributed by atoms with Crippen LogP contribution in [0.1, 0.15) is 17.3 Å². The Labute approximate surface area is 149 Å². The van der Waals surface area contributed by atoms with Crippen molar-refractivity contribution >= 4 is 11.6 Å². The normalized spacial score (nSPS) is 22.1. The average Bonchev–Trinajstić information content (AvgIpc) is 3.21. The highest BCUT2D eigenvalue weighted by Crippen LogP contribution is 2.34. The summed E-state index contributed by atoms with van der Waals surface area (Å²) in [5.41, 5.74) is 2.02. The molecule has 2 aromatic carbocycles. The fourth-order valence-corrected chi connectivity index (χ4v) is 4.08. The minimum absolute atomic E-state index is 0.127. The Bertz CT molecular complexity index is 733. The SMILES string of the molecule is CCOc1cccc(C(=O)N2CC3CN(c4ccccc4)CC3C2)c1. The summed E-state index contributed by atoms with van der Waals surface area (Å²) in [6.45, 7) is 6.35. The largest absolute Gasteiger partial charge is 0.494 e. The molecular weight excluding hydrogens is 312 g/mol. The van der Waals surface area contributed by atoms with Crippen LogP contribution in [0.4, 0.5) is 5.69 Å². The van der Waals surface area contributed by atoms with Crippen LogP contribution >= 0.6 is 0 Å². The summed E-state index contributed by atoms with van der Waals surface area (Å²) in [4.78, 5) is 17.3. The zero-order valence-corrected chi connectivity index (χ0v) is 14.6. The van der Waals surface area contributed by atoms with E-state index in [0.29, 0.717) is 18.4 Å². The summed E-state index contributed by atoms with van der Waals surface area (Å²) in [7, 11) is 0. The van der Waals surface area contributed by atoms with Gasteiger partial charge in [-0.15, -0.1) is 0 Å². The van der Waals surface area contributed by atoms with E-state index in [0.717, 1.165) is 37.5 Å². The maximum atomic E-state index is 12.8. The summed E-state index contributed by atoms with van der Waals surface area (Å²) in [5.74, 6) is 2.03. The average molecular weight is 336 g/mol. The van der Waals surface area contributed by atoms with Gasteiger partial charge in [0.25, 0.3) is 5.91 Å². The van der Waals surface area contributed by atoms with Gasteiger partial charge < -0.3 is 14.5 Å². The van der Waals surface area contributed by atoms with Crippen molar-refractivity contribution < 1.29 is 9.53 Å². The zero-order chi connectivity index (χ0) is 17.2. The molecular formula is C21H24N2O2. The molecule has 0 aromatic heterocycles. The molecule has 0 saturated carbocycles. The predicted molar refractivity (Wildman–Crippen MR) is 99.1 cm³/mol. The first-order valence-corrected chi connectivity index (χ1v) is 9.06. The Kier molecular flexibility index (Phi) is 4.35. The Hall–Kier alpha value is -2.49. The second-order valence-corrected chi connectivity index (χ2v) is 6.93. The molecule has 4 rings (SSSR count). The molecule has 4 heteroatoms. The van der Waals surface area contributed by atoms with Crippen molar-refractivity contribution in [1.82, 2.24) is 4.90 Å². The lowest BCUT2D eigenvalue weighted by Gasteiger charge is -2.23. The van der Waals surface area contributed by atoms with Crippen LogP contribution in [0.2, 0.25) is 0 Å². The van der Waals surface area contributed by atoms with Crippen molar-refractivity contribution in [1.29, 1.82) is 0 Å². The number of hydrogen-bond acceptors (Lipinski definition) is 3. The van der Waals surface area contributed by atoms with E-state index in [4.69, 9.17) is 4.74 Å². The van der Waals surface area contributed by atoms with E-state index in [2.05, 4.69) is 35.2 Å². The monoisotopic (exact) mass is 336 g/mol. The second kappa shape index (κ2) is 6.79. The van der Waals surface area contributed by atoms with Crippen molar-refractivity contribution in [2.45, 2.75) is 6.92 Å². The van der Waals surface area contributed by atoms with Crippen LogP contribution in [-0.2, 0) is 0 Å². The topological polar surface area (TPSA) is 32.8 Å². The number of hydrogen-bond donors (Lipinski definition) is 0. The fourth-order valence-electron chi connectivity index (χ4n) is 4.08. The highest BCUT2D eigenvalue weighted by atomic mass is 16.5. The van der Waals surface area contributed by atoms with Crippen molar-refractivity contribution in [2.75, 3.05) is 37.7 Å². The van der Waals surface area contributed by atoms with E-state index in [1.165, 1.54) is 5.69 Å². The van der Waals surface area contributed by atoms with Gasteiger partial charge in [0.2, 0.25) is 0 Å². The third kappa shape index (κ3) is 3.21. The van der Waals surface area contributed by atoms with Crippen LogP contribution in [-0.4, -0.2) is 43.6 Å². The summed E-state index contributed by atoms with van der Waals surface area (Å²) in [6.07, 6.45) is 0. The third-order valence-electron chi connectivity index (χ3n) is 5.29. The first kappa shape index (κ1) is 16.0. The lowest BCUT2D eigenvalue weighted by atomic mass is 10.0. The standard InChI is InChI=1S/C21H24N2O2/c1-2-25-20-10-6-7-16(11-20)21(24)23-14-17-12-22(13-18(17)15-23)19-8-4-3-5-9-19/h3-11,17-18H,2,12-15H2,1H3. The molecule has 2 aromatic rings. The lowest BCUT2D eigenvalue weighted by Crippen LogP contribution is -2.33. The Morgan fingerprint density at radius 1 is 1.00 bits per heavy atom. The molecule has 4 nitrogen and oxygen atoms in total. The summed E-state index contributed by atoms with van der Waals surface area (Å²) in [5, 5.41) is 0. The molecule has 2 fully saturated rings. The highest BCUT2D eigenvalue weighted by Gasteiger charge is 2.41. The number of benzene rings is 2. The molecule has 2 aliphatic rings. The Balaban J connectivity index is 1.41.